The molecule has 132 valence electrons. The highest BCUT2D eigenvalue weighted by Crippen LogP contribution is 2.10. The maximum absolute atomic E-state index is 11.9. The van der Waals surface area contributed by atoms with Crippen LogP contribution in [0, 0.1) is 0 Å². The van der Waals surface area contributed by atoms with Crippen LogP contribution in [0.2, 0.25) is 0 Å². The molecule has 6 heteroatoms. The maximum Gasteiger partial charge on any atom is 0.251 e. The zero-order valence-corrected chi connectivity index (χ0v) is 15.4. The van der Waals surface area contributed by atoms with E-state index in [1.54, 1.807) is 12.1 Å². The van der Waals surface area contributed by atoms with Crippen LogP contribution in [-0.4, -0.2) is 31.5 Å². The van der Waals surface area contributed by atoms with E-state index in [4.69, 9.17) is 4.74 Å². The van der Waals surface area contributed by atoms with Crippen molar-refractivity contribution in [2.24, 2.45) is 0 Å². The molecular formula is C19H21BrN2O3. The van der Waals surface area contributed by atoms with Gasteiger partial charge in [-0.3, -0.25) is 9.59 Å². The lowest BCUT2D eigenvalue weighted by Crippen LogP contribution is -2.34. The zero-order chi connectivity index (χ0) is 17.9. The Balaban J connectivity index is 1.53. The molecule has 0 fully saturated rings. The quantitative estimate of drug-likeness (QED) is 0.630. The second-order valence-corrected chi connectivity index (χ2v) is 6.29. The first-order chi connectivity index (χ1) is 12.1. The monoisotopic (exact) mass is 404 g/mol. The summed E-state index contributed by atoms with van der Waals surface area (Å²) in [5.74, 6) is 0.603. The largest absolute Gasteiger partial charge is 0.494 e. The number of hydrogen-bond donors (Lipinski definition) is 2. The Kier molecular flexibility index (Phi) is 7.98. The molecule has 2 aromatic carbocycles. The molecule has 0 bridgehead atoms. The summed E-state index contributed by atoms with van der Waals surface area (Å²) in [7, 11) is 0. The molecule has 0 heterocycles. The van der Waals surface area contributed by atoms with Gasteiger partial charge in [0.1, 0.15) is 5.75 Å². The Morgan fingerprint density at radius 2 is 1.60 bits per heavy atom. The van der Waals surface area contributed by atoms with Crippen LogP contribution >= 0.6 is 15.9 Å². The molecule has 0 saturated carbocycles. The number of ether oxygens (including phenoxy) is 1. The minimum atomic E-state index is -0.155. The van der Waals surface area contributed by atoms with E-state index in [9.17, 15) is 9.59 Å². The maximum atomic E-state index is 11.9. The van der Waals surface area contributed by atoms with Gasteiger partial charge in [-0.25, -0.2) is 0 Å². The topological polar surface area (TPSA) is 67.4 Å². The van der Waals surface area contributed by atoms with Gasteiger partial charge in [-0.1, -0.05) is 34.1 Å². The number of amides is 2. The van der Waals surface area contributed by atoms with Crippen LogP contribution in [0.4, 0.5) is 0 Å². The molecule has 2 aromatic rings. The molecule has 0 spiro atoms. The fraction of sp³-hybridized carbons (Fsp3) is 0.263. The summed E-state index contributed by atoms with van der Waals surface area (Å²) >= 11 is 3.33. The summed E-state index contributed by atoms with van der Waals surface area (Å²) in [6.07, 6.45) is 1.04. The van der Waals surface area contributed by atoms with Crippen molar-refractivity contribution in [3.8, 4) is 5.75 Å². The SMILES string of the molecule is O=C(CCCOc1ccccc1)NCCNC(=O)c1ccc(Br)cc1. The molecule has 0 unspecified atom stereocenters. The van der Waals surface area contributed by atoms with Crippen LogP contribution < -0.4 is 15.4 Å². The number of rotatable bonds is 9. The smallest absolute Gasteiger partial charge is 0.251 e. The van der Waals surface area contributed by atoms with Crippen molar-refractivity contribution < 1.29 is 14.3 Å². The van der Waals surface area contributed by atoms with Crippen molar-refractivity contribution in [1.29, 1.82) is 0 Å². The lowest BCUT2D eigenvalue weighted by molar-refractivity contribution is -0.121. The van der Waals surface area contributed by atoms with Crippen molar-refractivity contribution in [3.05, 3.63) is 64.6 Å². The van der Waals surface area contributed by atoms with Crippen molar-refractivity contribution in [2.45, 2.75) is 12.8 Å². The van der Waals surface area contributed by atoms with Gasteiger partial charge in [-0.05, 0) is 42.8 Å². The van der Waals surface area contributed by atoms with E-state index in [0.29, 0.717) is 38.1 Å². The normalized spacial score (nSPS) is 10.1. The van der Waals surface area contributed by atoms with E-state index < -0.39 is 0 Å². The predicted molar refractivity (Wildman–Crippen MR) is 101 cm³/mol. The second-order valence-electron chi connectivity index (χ2n) is 5.38. The van der Waals surface area contributed by atoms with Gasteiger partial charge in [0.15, 0.2) is 0 Å². The van der Waals surface area contributed by atoms with E-state index in [1.165, 1.54) is 0 Å². The highest BCUT2D eigenvalue weighted by atomic mass is 79.9. The van der Waals surface area contributed by atoms with Gasteiger partial charge >= 0.3 is 0 Å². The van der Waals surface area contributed by atoms with Gasteiger partial charge < -0.3 is 15.4 Å². The van der Waals surface area contributed by atoms with Crippen molar-refractivity contribution in [1.82, 2.24) is 10.6 Å². The molecule has 5 nitrogen and oxygen atoms in total. The summed E-state index contributed by atoms with van der Waals surface area (Å²) in [4.78, 5) is 23.6. The minimum Gasteiger partial charge on any atom is -0.494 e. The predicted octanol–water partition coefficient (Wildman–Crippen LogP) is 3.15. The third-order valence-electron chi connectivity index (χ3n) is 3.40. The van der Waals surface area contributed by atoms with E-state index in [1.807, 2.05) is 42.5 Å². The lowest BCUT2D eigenvalue weighted by Gasteiger charge is -2.08. The zero-order valence-electron chi connectivity index (χ0n) is 13.8. The van der Waals surface area contributed by atoms with Crippen LogP contribution in [0.15, 0.2) is 59.1 Å². The number of halogens is 1. The van der Waals surface area contributed by atoms with Gasteiger partial charge in [-0.15, -0.1) is 0 Å². The Morgan fingerprint density at radius 3 is 2.32 bits per heavy atom. The van der Waals surface area contributed by atoms with Gasteiger partial charge in [0.05, 0.1) is 6.61 Å². The third-order valence-corrected chi connectivity index (χ3v) is 3.93. The van der Waals surface area contributed by atoms with E-state index >= 15 is 0 Å². The summed E-state index contributed by atoms with van der Waals surface area (Å²) < 4.78 is 6.45. The molecule has 0 aromatic heterocycles. The number of para-hydroxylation sites is 1. The van der Waals surface area contributed by atoms with Crippen LogP contribution in [0.3, 0.4) is 0 Å². The number of nitrogens with one attached hydrogen (secondary N) is 2. The molecule has 25 heavy (non-hydrogen) atoms. The van der Waals surface area contributed by atoms with Crippen molar-refractivity contribution in [2.75, 3.05) is 19.7 Å². The molecule has 0 saturated heterocycles. The van der Waals surface area contributed by atoms with Gasteiger partial charge in [0.25, 0.3) is 5.91 Å². The number of benzene rings is 2. The van der Waals surface area contributed by atoms with Crippen LogP contribution in [0.25, 0.3) is 0 Å². The van der Waals surface area contributed by atoms with Crippen molar-refractivity contribution >= 4 is 27.7 Å². The lowest BCUT2D eigenvalue weighted by atomic mass is 10.2. The number of carbonyl (C=O) groups is 2. The molecular weight excluding hydrogens is 384 g/mol. The summed E-state index contributed by atoms with van der Waals surface area (Å²) in [6, 6.07) is 16.6. The summed E-state index contributed by atoms with van der Waals surface area (Å²) in [5.41, 5.74) is 0.590. The van der Waals surface area contributed by atoms with Crippen molar-refractivity contribution in [3.63, 3.8) is 0 Å². The summed E-state index contributed by atoms with van der Waals surface area (Å²) in [5, 5.41) is 5.55. The minimum absolute atomic E-state index is 0.0467. The van der Waals surface area contributed by atoms with Crippen LogP contribution in [-0.2, 0) is 4.79 Å². The third kappa shape index (κ3) is 7.39. The van der Waals surface area contributed by atoms with Crippen LogP contribution in [0.5, 0.6) is 5.75 Å². The van der Waals surface area contributed by atoms with E-state index in [0.717, 1.165) is 10.2 Å². The fourth-order valence-corrected chi connectivity index (χ4v) is 2.37. The van der Waals surface area contributed by atoms with E-state index in [2.05, 4.69) is 26.6 Å². The second kappa shape index (κ2) is 10.5. The highest BCUT2D eigenvalue weighted by Gasteiger charge is 2.05. The number of hydrogen-bond acceptors (Lipinski definition) is 3. The number of carbonyl (C=O) groups excluding carboxylic acids is 2. The first-order valence-electron chi connectivity index (χ1n) is 8.13. The Bertz CT molecular complexity index is 675. The molecule has 0 aliphatic heterocycles. The Labute approximate surface area is 155 Å². The fourth-order valence-electron chi connectivity index (χ4n) is 2.11. The first-order valence-corrected chi connectivity index (χ1v) is 8.93. The highest BCUT2D eigenvalue weighted by molar-refractivity contribution is 9.10. The molecule has 0 radical (unpaired) electrons. The molecule has 0 aliphatic carbocycles. The Hall–Kier alpha value is -2.34. The average Bonchev–Trinajstić information content (AvgIpc) is 2.63. The van der Waals surface area contributed by atoms with Gasteiger partial charge in [-0.2, -0.15) is 0 Å². The standard InChI is InChI=1S/C19H21BrN2O3/c20-16-10-8-15(9-11-16)19(24)22-13-12-21-18(23)7-4-14-25-17-5-2-1-3-6-17/h1-3,5-6,8-11H,4,7,12-14H2,(H,21,23)(H,22,24). The molecule has 2 rings (SSSR count). The summed E-state index contributed by atoms with van der Waals surface area (Å²) in [6.45, 7) is 1.29. The van der Waals surface area contributed by atoms with Gasteiger partial charge in [0.2, 0.25) is 5.91 Å². The molecule has 2 amide bonds. The Morgan fingerprint density at radius 1 is 0.920 bits per heavy atom. The molecule has 2 N–H and O–H groups in total. The average molecular weight is 405 g/mol. The molecule has 0 aliphatic rings. The van der Waals surface area contributed by atoms with E-state index in [-0.39, 0.29) is 11.8 Å². The van der Waals surface area contributed by atoms with Gasteiger partial charge in [0, 0.05) is 29.5 Å². The first kappa shape index (κ1) is 19.0. The van der Waals surface area contributed by atoms with Crippen LogP contribution in [0.1, 0.15) is 23.2 Å². The molecule has 0 atom stereocenters.